The highest BCUT2D eigenvalue weighted by molar-refractivity contribution is 8.00. The standard InChI is InChI=1S/C5H10N2S/c1-3-5(7,4-6)8-2/h3,7H2,1-2H3. The molecule has 3 heteroatoms. The average molecular weight is 130 g/mol. The van der Waals surface area contributed by atoms with Gasteiger partial charge in [-0.05, 0) is 12.7 Å². The van der Waals surface area contributed by atoms with Crippen molar-refractivity contribution in [3.8, 4) is 6.07 Å². The molecule has 0 rings (SSSR count). The molecular formula is C5H10N2S. The van der Waals surface area contributed by atoms with Crippen molar-refractivity contribution in [1.29, 1.82) is 5.26 Å². The zero-order valence-electron chi connectivity index (χ0n) is 5.14. The van der Waals surface area contributed by atoms with E-state index in [2.05, 4.69) is 0 Å². The zero-order chi connectivity index (χ0) is 6.62. The lowest BCUT2D eigenvalue weighted by Gasteiger charge is -2.14. The summed E-state index contributed by atoms with van der Waals surface area (Å²) in [6.07, 6.45) is 2.54. The fourth-order valence-corrected chi connectivity index (χ4v) is 0.649. The SMILES string of the molecule is CCC(N)(C#N)SC. The van der Waals surface area contributed by atoms with Crippen LogP contribution in [0.1, 0.15) is 13.3 Å². The van der Waals surface area contributed by atoms with Crippen LogP contribution in [0.3, 0.4) is 0 Å². The number of nitrogens with zero attached hydrogens (tertiary/aromatic N) is 1. The molecule has 0 heterocycles. The summed E-state index contributed by atoms with van der Waals surface area (Å²) in [6.45, 7) is 1.90. The summed E-state index contributed by atoms with van der Waals surface area (Å²) in [4.78, 5) is -0.653. The van der Waals surface area contributed by atoms with Gasteiger partial charge < -0.3 is 5.73 Å². The van der Waals surface area contributed by atoms with E-state index < -0.39 is 4.87 Å². The van der Waals surface area contributed by atoms with Crippen molar-refractivity contribution in [2.75, 3.05) is 6.26 Å². The van der Waals surface area contributed by atoms with Gasteiger partial charge in [0, 0.05) is 0 Å². The van der Waals surface area contributed by atoms with E-state index in [0.717, 1.165) is 0 Å². The van der Waals surface area contributed by atoms with Gasteiger partial charge in [0.2, 0.25) is 0 Å². The van der Waals surface area contributed by atoms with Gasteiger partial charge in [-0.3, -0.25) is 0 Å². The molecule has 0 amide bonds. The molecule has 1 unspecified atom stereocenters. The van der Waals surface area contributed by atoms with Gasteiger partial charge >= 0.3 is 0 Å². The minimum atomic E-state index is -0.653. The highest BCUT2D eigenvalue weighted by atomic mass is 32.2. The van der Waals surface area contributed by atoms with E-state index in [9.17, 15) is 0 Å². The van der Waals surface area contributed by atoms with Gasteiger partial charge in [-0.1, -0.05) is 6.92 Å². The van der Waals surface area contributed by atoms with Gasteiger partial charge in [-0.15, -0.1) is 11.8 Å². The topological polar surface area (TPSA) is 49.8 Å². The highest BCUT2D eigenvalue weighted by Crippen LogP contribution is 2.17. The first-order valence-corrected chi connectivity index (χ1v) is 3.66. The summed E-state index contributed by atoms with van der Waals surface area (Å²) in [5.41, 5.74) is 5.50. The second-order valence-electron chi connectivity index (χ2n) is 1.56. The minimum Gasteiger partial charge on any atom is -0.305 e. The van der Waals surface area contributed by atoms with Gasteiger partial charge in [0.05, 0.1) is 6.07 Å². The van der Waals surface area contributed by atoms with E-state index in [-0.39, 0.29) is 0 Å². The molecule has 8 heavy (non-hydrogen) atoms. The molecule has 2 nitrogen and oxygen atoms in total. The Bertz CT molecular complexity index is 101. The number of rotatable bonds is 2. The van der Waals surface area contributed by atoms with Crippen LogP contribution >= 0.6 is 11.8 Å². The molecule has 0 aromatic carbocycles. The molecule has 0 aliphatic heterocycles. The van der Waals surface area contributed by atoms with E-state index in [0.29, 0.717) is 6.42 Å². The van der Waals surface area contributed by atoms with Crippen molar-refractivity contribution < 1.29 is 0 Å². The lowest BCUT2D eigenvalue weighted by molar-refractivity contribution is 0.735. The van der Waals surface area contributed by atoms with Gasteiger partial charge in [0.1, 0.15) is 4.87 Å². The maximum atomic E-state index is 8.39. The van der Waals surface area contributed by atoms with Crippen LogP contribution in [-0.2, 0) is 0 Å². The summed E-state index contributed by atoms with van der Waals surface area (Å²) in [5.74, 6) is 0. The molecule has 0 radical (unpaired) electrons. The van der Waals surface area contributed by atoms with Crippen molar-refractivity contribution in [3.05, 3.63) is 0 Å². The molecule has 0 saturated carbocycles. The molecule has 0 bridgehead atoms. The number of hydrogen-bond acceptors (Lipinski definition) is 3. The average Bonchev–Trinajstić information content (AvgIpc) is 1.87. The van der Waals surface area contributed by atoms with Crippen molar-refractivity contribution in [3.63, 3.8) is 0 Å². The summed E-state index contributed by atoms with van der Waals surface area (Å²) < 4.78 is 0. The Balaban J connectivity index is 3.83. The minimum absolute atomic E-state index is 0.653. The Morgan fingerprint density at radius 2 is 2.38 bits per heavy atom. The summed E-state index contributed by atoms with van der Waals surface area (Å²) >= 11 is 1.39. The van der Waals surface area contributed by atoms with E-state index >= 15 is 0 Å². The molecule has 2 N–H and O–H groups in total. The lowest BCUT2D eigenvalue weighted by atomic mass is 10.3. The predicted molar refractivity (Wildman–Crippen MR) is 36.3 cm³/mol. The smallest absolute Gasteiger partial charge is 0.150 e. The van der Waals surface area contributed by atoms with Gasteiger partial charge in [-0.2, -0.15) is 5.26 Å². The van der Waals surface area contributed by atoms with E-state index in [4.69, 9.17) is 11.0 Å². The monoisotopic (exact) mass is 130 g/mol. The Hall–Kier alpha value is -0.200. The second-order valence-corrected chi connectivity index (χ2v) is 2.70. The van der Waals surface area contributed by atoms with Gasteiger partial charge in [-0.25, -0.2) is 0 Å². The third-order valence-electron chi connectivity index (χ3n) is 1.08. The van der Waals surface area contributed by atoms with Crippen LogP contribution in [0, 0.1) is 11.3 Å². The zero-order valence-corrected chi connectivity index (χ0v) is 5.96. The van der Waals surface area contributed by atoms with Crippen molar-refractivity contribution in [1.82, 2.24) is 0 Å². The third kappa shape index (κ3) is 1.73. The molecule has 0 aromatic heterocycles. The summed E-state index contributed by atoms with van der Waals surface area (Å²) in [5, 5.41) is 8.39. The molecule has 1 atom stereocenters. The molecule has 0 saturated heterocycles. The fraction of sp³-hybridized carbons (Fsp3) is 0.800. The quantitative estimate of drug-likeness (QED) is 0.566. The van der Waals surface area contributed by atoms with Crippen molar-refractivity contribution in [2.45, 2.75) is 18.2 Å². The molecule has 0 aromatic rings. The largest absolute Gasteiger partial charge is 0.305 e. The lowest BCUT2D eigenvalue weighted by Crippen LogP contribution is -2.32. The van der Waals surface area contributed by atoms with Gasteiger partial charge in [0.25, 0.3) is 0 Å². The molecular weight excluding hydrogens is 120 g/mol. The van der Waals surface area contributed by atoms with Crippen molar-refractivity contribution in [2.24, 2.45) is 5.73 Å². The molecule has 46 valence electrons. The Labute approximate surface area is 54.1 Å². The summed E-state index contributed by atoms with van der Waals surface area (Å²) in [7, 11) is 0. The number of nitrogens with two attached hydrogens (primary N) is 1. The Kier molecular flexibility index (Phi) is 2.88. The fourth-order valence-electron chi connectivity index (χ4n) is 0.269. The summed E-state index contributed by atoms with van der Waals surface area (Å²) in [6, 6.07) is 2.02. The number of thioether (sulfide) groups is 1. The van der Waals surface area contributed by atoms with Gasteiger partial charge in [0.15, 0.2) is 0 Å². The van der Waals surface area contributed by atoms with E-state index in [1.165, 1.54) is 11.8 Å². The highest BCUT2D eigenvalue weighted by Gasteiger charge is 2.18. The first-order valence-electron chi connectivity index (χ1n) is 2.44. The van der Waals surface area contributed by atoms with Crippen LogP contribution in [0.15, 0.2) is 0 Å². The molecule has 0 aliphatic rings. The predicted octanol–water partition coefficient (Wildman–Crippen LogP) is 0.938. The van der Waals surface area contributed by atoms with E-state index in [1.807, 2.05) is 19.2 Å². The second kappa shape index (κ2) is 2.95. The maximum absolute atomic E-state index is 8.39. The van der Waals surface area contributed by atoms with Crippen LogP contribution < -0.4 is 5.73 Å². The molecule has 0 aliphatic carbocycles. The Morgan fingerprint density at radius 1 is 1.88 bits per heavy atom. The van der Waals surface area contributed by atoms with Crippen LogP contribution in [0.2, 0.25) is 0 Å². The molecule has 0 fully saturated rings. The first-order chi connectivity index (χ1) is 3.68. The van der Waals surface area contributed by atoms with Crippen LogP contribution in [0.5, 0.6) is 0 Å². The van der Waals surface area contributed by atoms with Crippen LogP contribution in [-0.4, -0.2) is 11.1 Å². The van der Waals surface area contributed by atoms with E-state index in [1.54, 1.807) is 0 Å². The normalized spacial score (nSPS) is 16.8. The maximum Gasteiger partial charge on any atom is 0.150 e. The van der Waals surface area contributed by atoms with Crippen molar-refractivity contribution >= 4 is 11.8 Å². The number of hydrogen-bond donors (Lipinski definition) is 1. The Morgan fingerprint density at radius 3 is 2.38 bits per heavy atom. The van der Waals surface area contributed by atoms with Crippen LogP contribution in [0.4, 0.5) is 0 Å². The molecule has 0 spiro atoms. The number of nitriles is 1. The van der Waals surface area contributed by atoms with Crippen LogP contribution in [0.25, 0.3) is 0 Å². The third-order valence-corrected chi connectivity index (χ3v) is 2.19. The first kappa shape index (κ1) is 7.80.